The average Bonchev–Trinajstić information content (AvgIpc) is 3.01. The van der Waals surface area contributed by atoms with Gasteiger partial charge in [0.2, 0.25) is 11.8 Å². The van der Waals surface area contributed by atoms with Gasteiger partial charge in [-0.05, 0) is 53.9 Å². The summed E-state index contributed by atoms with van der Waals surface area (Å²) in [5, 5.41) is 1.71. The fourth-order valence-corrected chi connectivity index (χ4v) is 3.64. The molecule has 5 heteroatoms. The van der Waals surface area contributed by atoms with Crippen molar-refractivity contribution in [3.8, 4) is 0 Å². The van der Waals surface area contributed by atoms with E-state index in [-0.39, 0.29) is 0 Å². The van der Waals surface area contributed by atoms with Crippen LogP contribution in [0.25, 0.3) is 21.8 Å². The van der Waals surface area contributed by atoms with Gasteiger partial charge in [0.1, 0.15) is 0 Å². The molecule has 3 aromatic carbocycles. The Morgan fingerprint density at radius 2 is 1.71 bits per heavy atom. The highest BCUT2D eigenvalue weighted by Gasteiger charge is 2.17. The van der Waals surface area contributed by atoms with Gasteiger partial charge in [-0.25, -0.2) is 0 Å². The van der Waals surface area contributed by atoms with E-state index >= 15 is 0 Å². The molecule has 0 bridgehead atoms. The second kappa shape index (κ2) is 6.85. The van der Waals surface area contributed by atoms with E-state index in [0.29, 0.717) is 17.7 Å². The molecule has 139 valence electrons. The minimum absolute atomic E-state index is 0.447. The van der Waals surface area contributed by atoms with E-state index in [1.165, 1.54) is 5.56 Å². The van der Waals surface area contributed by atoms with Gasteiger partial charge >= 0.3 is 0 Å². The molecule has 0 aliphatic carbocycles. The summed E-state index contributed by atoms with van der Waals surface area (Å²) in [5.74, 6) is -0.903. The van der Waals surface area contributed by atoms with Gasteiger partial charge in [-0.2, -0.15) is 0 Å². The van der Waals surface area contributed by atoms with Crippen LogP contribution in [0.2, 0.25) is 0 Å². The molecule has 0 aliphatic heterocycles. The zero-order valence-corrected chi connectivity index (χ0v) is 15.5. The molecule has 5 nitrogen and oxygen atoms in total. The standard InChI is InChI=1S/C23H20N3O2/c1-2-14-8-11-17-20(12-14)26(13-15-6-9-16(10-7-15)22(24)27)19-5-3-4-18(21(17)19)23(25)28/h3-10,12H,2,13H2,1H3,(H2,24,27)(H2,25,28). The summed E-state index contributed by atoms with van der Waals surface area (Å²) >= 11 is 0. The Morgan fingerprint density at radius 3 is 2.36 bits per heavy atom. The fourth-order valence-electron chi connectivity index (χ4n) is 3.64. The summed E-state index contributed by atoms with van der Waals surface area (Å²) in [6, 6.07) is 20.3. The third kappa shape index (κ3) is 2.91. The van der Waals surface area contributed by atoms with Gasteiger partial charge in [-0.1, -0.05) is 31.2 Å². The van der Waals surface area contributed by atoms with Crippen molar-refractivity contribution in [3.05, 3.63) is 82.9 Å². The normalized spacial score (nSPS) is 11.2. The predicted molar refractivity (Wildman–Crippen MR) is 110 cm³/mol. The van der Waals surface area contributed by atoms with Gasteiger partial charge in [0.05, 0.1) is 11.0 Å². The Bertz CT molecular complexity index is 1220. The Kier molecular flexibility index (Phi) is 4.35. The highest BCUT2D eigenvalue weighted by atomic mass is 16.1. The van der Waals surface area contributed by atoms with Crippen LogP contribution in [0.15, 0.2) is 54.6 Å². The van der Waals surface area contributed by atoms with Crippen molar-refractivity contribution in [3.63, 3.8) is 0 Å². The molecule has 1 radical (unpaired) electrons. The first-order valence-corrected chi connectivity index (χ1v) is 9.13. The number of aromatic nitrogens is 1. The van der Waals surface area contributed by atoms with Crippen LogP contribution >= 0.6 is 0 Å². The van der Waals surface area contributed by atoms with Crippen molar-refractivity contribution in [2.24, 2.45) is 11.5 Å². The van der Waals surface area contributed by atoms with Crippen molar-refractivity contribution in [2.45, 2.75) is 19.9 Å². The molecule has 1 aromatic heterocycles. The number of amides is 2. The number of carbonyl (C=O) groups excluding carboxylic acids is 2. The summed E-state index contributed by atoms with van der Waals surface area (Å²) < 4.78 is 2.16. The molecule has 2 amide bonds. The summed E-state index contributed by atoms with van der Waals surface area (Å²) in [6.07, 6.45) is 0.893. The van der Waals surface area contributed by atoms with Crippen molar-refractivity contribution in [1.29, 1.82) is 0 Å². The van der Waals surface area contributed by atoms with Crippen LogP contribution < -0.4 is 11.5 Å². The van der Waals surface area contributed by atoms with Crippen molar-refractivity contribution in [2.75, 3.05) is 0 Å². The minimum atomic E-state index is -0.455. The molecule has 0 fully saturated rings. The number of fused-ring (bicyclic) bond motifs is 3. The van der Waals surface area contributed by atoms with Crippen LogP contribution in [0.1, 0.15) is 38.8 Å². The van der Waals surface area contributed by atoms with Gasteiger partial charge in [-0.3, -0.25) is 9.59 Å². The smallest absolute Gasteiger partial charge is 0.249 e. The van der Waals surface area contributed by atoms with E-state index in [9.17, 15) is 9.59 Å². The number of hydrogen-bond acceptors (Lipinski definition) is 2. The maximum absolute atomic E-state index is 12.0. The van der Waals surface area contributed by atoms with Gasteiger partial charge in [0.25, 0.3) is 0 Å². The van der Waals surface area contributed by atoms with E-state index in [4.69, 9.17) is 11.5 Å². The predicted octanol–water partition coefficient (Wildman–Crippen LogP) is 3.40. The minimum Gasteiger partial charge on any atom is -0.366 e. The molecular formula is C23H20N3O2. The second-order valence-electron chi connectivity index (χ2n) is 6.83. The molecule has 1 heterocycles. The Hall–Kier alpha value is -3.60. The Balaban J connectivity index is 1.95. The summed E-state index contributed by atoms with van der Waals surface area (Å²) in [4.78, 5) is 23.3. The fraction of sp³-hybridized carbons (Fsp3) is 0.130. The molecule has 28 heavy (non-hydrogen) atoms. The molecule has 0 saturated heterocycles. The lowest BCUT2D eigenvalue weighted by Gasteiger charge is -2.09. The van der Waals surface area contributed by atoms with Gasteiger partial charge < -0.3 is 16.0 Å². The molecule has 0 atom stereocenters. The van der Waals surface area contributed by atoms with Gasteiger partial charge in [0, 0.05) is 28.4 Å². The molecule has 0 saturated carbocycles. The Morgan fingerprint density at radius 1 is 0.964 bits per heavy atom. The van der Waals surface area contributed by atoms with Crippen molar-refractivity contribution >= 4 is 33.6 Å². The molecule has 4 rings (SSSR count). The lowest BCUT2D eigenvalue weighted by molar-refractivity contribution is 0.0992. The second-order valence-corrected chi connectivity index (χ2v) is 6.83. The molecule has 0 unspecified atom stereocenters. The van der Waals surface area contributed by atoms with Crippen LogP contribution in [0.4, 0.5) is 0 Å². The van der Waals surface area contributed by atoms with E-state index in [1.54, 1.807) is 18.2 Å². The van der Waals surface area contributed by atoms with Crippen molar-refractivity contribution < 1.29 is 9.59 Å². The zero-order chi connectivity index (χ0) is 19.8. The lowest BCUT2D eigenvalue weighted by Crippen LogP contribution is -2.11. The molecule has 0 aliphatic rings. The zero-order valence-electron chi connectivity index (χ0n) is 15.5. The summed E-state index contributed by atoms with van der Waals surface area (Å²) in [5.41, 5.74) is 16.0. The Labute approximate surface area is 162 Å². The van der Waals surface area contributed by atoms with Crippen LogP contribution in [-0.2, 0) is 13.0 Å². The first-order valence-electron chi connectivity index (χ1n) is 9.13. The van der Waals surface area contributed by atoms with Gasteiger partial charge in [-0.15, -0.1) is 0 Å². The maximum Gasteiger partial charge on any atom is 0.249 e. The molecule has 4 aromatic rings. The first kappa shape index (κ1) is 17.8. The van der Waals surface area contributed by atoms with Crippen LogP contribution in [0.3, 0.4) is 0 Å². The molecule has 0 spiro atoms. The highest BCUT2D eigenvalue weighted by molar-refractivity contribution is 6.17. The maximum atomic E-state index is 12.0. The summed E-state index contributed by atoms with van der Waals surface area (Å²) in [7, 11) is 0. The number of rotatable bonds is 5. The quantitative estimate of drug-likeness (QED) is 0.564. The molecular weight excluding hydrogens is 350 g/mol. The molecule has 4 N–H and O–H groups in total. The lowest BCUT2D eigenvalue weighted by atomic mass is 10.0. The first-order chi connectivity index (χ1) is 13.5. The van der Waals surface area contributed by atoms with Crippen molar-refractivity contribution in [1.82, 2.24) is 4.57 Å². The van der Waals surface area contributed by atoms with E-state index in [2.05, 4.69) is 23.6 Å². The van der Waals surface area contributed by atoms with E-state index in [0.717, 1.165) is 33.8 Å². The number of aryl methyl sites for hydroxylation is 1. The van der Waals surface area contributed by atoms with Crippen LogP contribution in [0.5, 0.6) is 0 Å². The number of hydrogen-bond donors (Lipinski definition) is 2. The topological polar surface area (TPSA) is 91.1 Å². The number of nitrogens with two attached hydrogens (primary N) is 2. The number of carbonyl (C=O) groups is 2. The number of nitrogens with zero attached hydrogens (tertiary/aromatic N) is 1. The van der Waals surface area contributed by atoms with Crippen LogP contribution in [0, 0.1) is 6.07 Å². The highest BCUT2D eigenvalue weighted by Crippen LogP contribution is 2.32. The van der Waals surface area contributed by atoms with E-state index < -0.39 is 11.8 Å². The van der Waals surface area contributed by atoms with E-state index in [1.807, 2.05) is 30.3 Å². The van der Waals surface area contributed by atoms with Crippen LogP contribution in [-0.4, -0.2) is 16.4 Å². The number of benzene rings is 3. The number of primary amides is 2. The third-order valence-corrected chi connectivity index (χ3v) is 5.11. The third-order valence-electron chi connectivity index (χ3n) is 5.11. The monoisotopic (exact) mass is 370 g/mol. The largest absolute Gasteiger partial charge is 0.366 e. The summed E-state index contributed by atoms with van der Waals surface area (Å²) in [6.45, 7) is 2.68. The SMILES string of the molecule is CCc1c[c]c2c3c(C(N)=O)cccc3n(Cc3ccc(C(N)=O)cc3)c2c1. The average molecular weight is 370 g/mol. The van der Waals surface area contributed by atoms with Gasteiger partial charge in [0.15, 0.2) is 0 Å².